The van der Waals surface area contributed by atoms with Gasteiger partial charge in [0.25, 0.3) is 11.6 Å². The summed E-state index contributed by atoms with van der Waals surface area (Å²) >= 11 is 5.93. The van der Waals surface area contributed by atoms with Crippen LogP contribution in [-0.2, 0) is 4.74 Å². The summed E-state index contributed by atoms with van der Waals surface area (Å²) in [6.45, 7) is 1.75. The number of amides is 1. The van der Waals surface area contributed by atoms with E-state index < -0.39 is 16.8 Å². The van der Waals surface area contributed by atoms with Gasteiger partial charge in [0.05, 0.1) is 23.6 Å². The molecule has 0 fully saturated rings. The Morgan fingerprint density at radius 1 is 1.20 bits per heavy atom. The minimum Gasteiger partial charge on any atom is -0.465 e. The molecule has 0 spiro atoms. The number of carbonyl (C=O) groups excluding carboxylic acids is 2. The predicted octanol–water partition coefficient (Wildman–Crippen LogP) is 3.53. The van der Waals surface area contributed by atoms with Gasteiger partial charge < -0.3 is 10.1 Å². The minimum absolute atomic E-state index is 0.0107. The van der Waals surface area contributed by atoms with Crippen molar-refractivity contribution in [2.45, 2.75) is 13.0 Å². The van der Waals surface area contributed by atoms with Crippen LogP contribution in [0.3, 0.4) is 0 Å². The predicted molar refractivity (Wildman–Crippen MR) is 91.8 cm³/mol. The molecule has 0 aliphatic heterocycles. The summed E-state index contributed by atoms with van der Waals surface area (Å²) in [4.78, 5) is 34.4. The number of halogens is 1. The molecule has 0 aromatic heterocycles. The zero-order valence-corrected chi connectivity index (χ0v) is 14.2. The van der Waals surface area contributed by atoms with Gasteiger partial charge in [0.1, 0.15) is 0 Å². The maximum atomic E-state index is 12.4. The fourth-order valence-electron chi connectivity index (χ4n) is 2.22. The lowest BCUT2D eigenvalue weighted by Gasteiger charge is -2.15. The van der Waals surface area contributed by atoms with Gasteiger partial charge in [-0.3, -0.25) is 14.9 Å². The number of rotatable bonds is 5. The lowest BCUT2D eigenvalue weighted by Crippen LogP contribution is -2.27. The average Bonchev–Trinajstić information content (AvgIpc) is 2.60. The third-order valence-electron chi connectivity index (χ3n) is 3.51. The maximum Gasteiger partial charge on any atom is 0.338 e. The van der Waals surface area contributed by atoms with Crippen LogP contribution < -0.4 is 5.32 Å². The molecule has 0 radical (unpaired) electrons. The van der Waals surface area contributed by atoms with Crippen LogP contribution in [0.25, 0.3) is 0 Å². The number of carbonyl (C=O) groups is 2. The van der Waals surface area contributed by atoms with Crippen LogP contribution in [0.5, 0.6) is 0 Å². The number of esters is 1. The molecule has 0 aliphatic rings. The number of methoxy groups -OCH3 is 1. The highest BCUT2D eigenvalue weighted by molar-refractivity contribution is 6.30. The van der Waals surface area contributed by atoms with Gasteiger partial charge in [-0.2, -0.15) is 0 Å². The van der Waals surface area contributed by atoms with Gasteiger partial charge in [0, 0.05) is 22.7 Å². The van der Waals surface area contributed by atoms with Crippen LogP contribution in [0.2, 0.25) is 5.02 Å². The second kappa shape index (κ2) is 7.76. The van der Waals surface area contributed by atoms with Crippen molar-refractivity contribution in [2.24, 2.45) is 0 Å². The molecular weight excluding hydrogens is 348 g/mol. The number of hydrogen-bond acceptors (Lipinski definition) is 5. The van der Waals surface area contributed by atoms with E-state index >= 15 is 0 Å². The third-order valence-corrected chi connectivity index (χ3v) is 3.74. The normalized spacial score (nSPS) is 11.5. The maximum absolute atomic E-state index is 12.4. The molecule has 1 N–H and O–H groups in total. The largest absolute Gasteiger partial charge is 0.465 e. The van der Waals surface area contributed by atoms with Crippen LogP contribution in [0, 0.1) is 10.1 Å². The Morgan fingerprint density at radius 2 is 1.88 bits per heavy atom. The fraction of sp³-hybridized carbons (Fsp3) is 0.176. The van der Waals surface area contributed by atoms with Gasteiger partial charge in [0.15, 0.2) is 0 Å². The van der Waals surface area contributed by atoms with Crippen molar-refractivity contribution in [3.8, 4) is 0 Å². The molecule has 0 aliphatic carbocycles. The van der Waals surface area contributed by atoms with Crippen LogP contribution in [0.1, 0.15) is 39.2 Å². The molecule has 8 heteroatoms. The van der Waals surface area contributed by atoms with Crippen molar-refractivity contribution in [2.75, 3.05) is 7.11 Å². The second-order valence-electron chi connectivity index (χ2n) is 5.27. The molecule has 0 saturated heterocycles. The van der Waals surface area contributed by atoms with Crippen LogP contribution in [0.15, 0.2) is 42.5 Å². The summed E-state index contributed by atoms with van der Waals surface area (Å²) in [6, 6.07) is 10.00. The second-order valence-corrected chi connectivity index (χ2v) is 5.70. The number of hydrogen-bond donors (Lipinski definition) is 1. The monoisotopic (exact) mass is 362 g/mol. The Morgan fingerprint density at radius 3 is 2.48 bits per heavy atom. The van der Waals surface area contributed by atoms with Crippen molar-refractivity contribution in [1.29, 1.82) is 0 Å². The molecule has 7 nitrogen and oxygen atoms in total. The third kappa shape index (κ3) is 4.54. The highest BCUT2D eigenvalue weighted by Gasteiger charge is 2.19. The molecule has 0 saturated carbocycles. The quantitative estimate of drug-likeness (QED) is 0.498. The summed E-state index contributed by atoms with van der Waals surface area (Å²) in [6.07, 6.45) is 0. The van der Waals surface area contributed by atoms with Crippen LogP contribution in [0.4, 0.5) is 5.69 Å². The Labute approximate surface area is 148 Å². The Bertz CT molecular complexity index is 838. The number of nitrogens with one attached hydrogen (secondary N) is 1. The zero-order valence-electron chi connectivity index (χ0n) is 13.5. The van der Waals surface area contributed by atoms with E-state index in [4.69, 9.17) is 11.6 Å². The standard InChI is InChI=1S/C17H15ClN2O5/c1-10(11-4-3-5-14(18)7-11)19-16(21)12-6-13(17(22)25-2)9-15(8-12)20(23)24/h3-10H,1-2H3,(H,19,21)/t10-/m1/s1. The lowest BCUT2D eigenvalue weighted by atomic mass is 10.1. The number of benzene rings is 2. The summed E-state index contributed by atoms with van der Waals surface area (Å²) in [5.41, 5.74) is 0.323. The first-order valence-electron chi connectivity index (χ1n) is 7.26. The summed E-state index contributed by atoms with van der Waals surface area (Å²) in [5.74, 6) is -1.32. The van der Waals surface area contributed by atoms with Crippen molar-refractivity contribution in [3.63, 3.8) is 0 Å². The van der Waals surface area contributed by atoms with E-state index in [-0.39, 0.29) is 22.9 Å². The van der Waals surface area contributed by atoms with Crippen molar-refractivity contribution in [3.05, 3.63) is 74.3 Å². The molecule has 130 valence electrons. The van der Waals surface area contributed by atoms with E-state index in [0.717, 1.165) is 24.8 Å². The molecule has 0 heterocycles. The van der Waals surface area contributed by atoms with Crippen LogP contribution in [-0.4, -0.2) is 23.9 Å². The highest BCUT2D eigenvalue weighted by atomic mass is 35.5. The summed E-state index contributed by atoms with van der Waals surface area (Å²) in [7, 11) is 1.15. The smallest absolute Gasteiger partial charge is 0.338 e. The van der Waals surface area contributed by atoms with Crippen molar-refractivity contribution >= 4 is 29.2 Å². The number of nitrogens with zero attached hydrogens (tertiary/aromatic N) is 1. The molecule has 2 aromatic carbocycles. The number of nitro benzene ring substituents is 1. The zero-order chi connectivity index (χ0) is 18.6. The first-order valence-corrected chi connectivity index (χ1v) is 7.63. The van der Waals surface area contributed by atoms with Gasteiger partial charge in [0.2, 0.25) is 0 Å². The summed E-state index contributed by atoms with van der Waals surface area (Å²) < 4.78 is 4.56. The molecule has 25 heavy (non-hydrogen) atoms. The van der Waals surface area contributed by atoms with E-state index in [9.17, 15) is 19.7 Å². The van der Waals surface area contributed by atoms with Crippen LogP contribution >= 0.6 is 11.6 Å². The molecule has 1 amide bonds. The highest BCUT2D eigenvalue weighted by Crippen LogP contribution is 2.21. The minimum atomic E-state index is -0.763. The van der Waals surface area contributed by atoms with Gasteiger partial charge >= 0.3 is 5.97 Å². The molecular formula is C17H15ClN2O5. The molecule has 1 atom stereocenters. The summed E-state index contributed by atoms with van der Waals surface area (Å²) in [5, 5.41) is 14.3. The first kappa shape index (κ1) is 18.4. The number of nitro groups is 1. The first-order chi connectivity index (χ1) is 11.8. The molecule has 2 rings (SSSR count). The van der Waals surface area contributed by atoms with Crippen molar-refractivity contribution < 1.29 is 19.2 Å². The Kier molecular flexibility index (Phi) is 5.71. The number of non-ortho nitro benzene ring substituents is 1. The molecule has 2 aromatic rings. The Hall–Kier alpha value is -2.93. The van der Waals surface area contributed by atoms with E-state index in [0.29, 0.717) is 5.02 Å². The van der Waals surface area contributed by atoms with Crippen molar-refractivity contribution in [1.82, 2.24) is 5.32 Å². The van der Waals surface area contributed by atoms with E-state index in [2.05, 4.69) is 10.1 Å². The van der Waals surface area contributed by atoms with E-state index in [1.165, 1.54) is 6.07 Å². The molecule has 0 unspecified atom stereocenters. The Balaban J connectivity index is 2.30. The topological polar surface area (TPSA) is 98.5 Å². The lowest BCUT2D eigenvalue weighted by molar-refractivity contribution is -0.384. The average molecular weight is 363 g/mol. The van der Waals surface area contributed by atoms with Gasteiger partial charge in [-0.1, -0.05) is 23.7 Å². The number of ether oxygens (including phenoxy) is 1. The molecule has 0 bridgehead atoms. The van der Waals surface area contributed by atoms with Gasteiger partial charge in [-0.05, 0) is 30.7 Å². The SMILES string of the molecule is COC(=O)c1cc(C(=O)N[C@H](C)c2cccc(Cl)c2)cc([N+](=O)[O-])c1. The van der Waals surface area contributed by atoms with Gasteiger partial charge in [-0.15, -0.1) is 0 Å². The van der Waals surface area contributed by atoms with E-state index in [1.54, 1.807) is 31.2 Å². The van der Waals surface area contributed by atoms with Gasteiger partial charge in [-0.25, -0.2) is 4.79 Å². The fourth-order valence-corrected chi connectivity index (χ4v) is 2.42. The van der Waals surface area contributed by atoms with E-state index in [1.807, 2.05) is 0 Å².